The van der Waals surface area contributed by atoms with E-state index in [2.05, 4.69) is 66.0 Å². The molecule has 0 atom stereocenters. The molecule has 0 aliphatic rings. The van der Waals surface area contributed by atoms with Crippen LogP contribution in [0.5, 0.6) is 0 Å². The molecule has 24 heavy (non-hydrogen) atoms. The van der Waals surface area contributed by atoms with Crippen LogP contribution in [0.2, 0.25) is 0 Å². The van der Waals surface area contributed by atoms with E-state index in [-0.39, 0.29) is 18.3 Å². The summed E-state index contributed by atoms with van der Waals surface area (Å²) in [4.78, 5) is 13.8. The molecule has 0 radical (unpaired) electrons. The van der Waals surface area contributed by atoms with E-state index in [1.165, 1.54) is 11.1 Å². The predicted molar refractivity (Wildman–Crippen MR) is 102 cm³/mol. The van der Waals surface area contributed by atoms with Gasteiger partial charge in [0.05, 0.1) is 6.54 Å². The van der Waals surface area contributed by atoms with Gasteiger partial charge >= 0.3 is 0 Å². The molecule has 5 heteroatoms. The number of nitrogens with one attached hydrogen (secondary N) is 2. The number of rotatable bonds is 7. The Hall–Kier alpha value is -1.88. The first-order chi connectivity index (χ1) is 11.1. The summed E-state index contributed by atoms with van der Waals surface area (Å²) in [6.45, 7) is 1.81. The molecule has 2 aromatic carbocycles. The summed E-state index contributed by atoms with van der Waals surface area (Å²) in [5.41, 5.74) is 4.75. The number of nitrogens with zero attached hydrogens (tertiary/aromatic N) is 1. The molecular formula is C19H26ClN3O. The highest BCUT2D eigenvalue weighted by Gasteiger charge is 2.06. The normalized spacial score (nSPS) is 10.3. The van der Waals surface area contributed by atoms with Gasteiger partial charge in [0.1, 0.15) is 0 Å². The first-order valence-electron chi connectivity index (χ1n) is 7.83. The van der Waals surface area contributed by atoms with Crippen LogP contribution in [0.4, 0.5) is 0 Å². The number of likely N-dealkylation sites (N-methyl/N-ethyl adjacent to an activating group) is 1. The van der Waals surface area contributed by atoms with Gasteiger partial charge in [0.2, 0.25) is 5.91 Å². The third kappa shape index (κ3) is 5.96. The number of halogens is 1. The van der Waals surface area contributed by atoms with E-state index in [0.717, 1.165) is 17.7 Å². The Balaban J connectivity index is 0.00000288. The highest BCUT2D eigenvalue weighted by molar-refractivity contribution is 5.85. The van der Waals surface area contributed by atoms with Crippen LogP contribution >= 0.6 is 12.4 Å². The summed E-state index contributed by atoms with van der Waals surface area (Å²) in [6.07, 6.45) is 0. The van der Waals surface area contributed by atoms with Crippen LogP contribution in [0.3, 0.4) is 0 Å². The minimum atomic E-state index is 0. The van der Waals surface area contributed by atoms with Crippen LogP contribution in [0.25, 0.3) is 11.1 Å². The molecule has 0 saturated carbocycles. The second kappa shape index (κ2) is 10.1. The summed E-state index contributed by atoms with van der Waals surface area (Å²) >= 11 is 0. The third-order valence-electron chi connectivity index (χ3n) is 3.59. The molecule has 2 aromatic rings. The van der Waals surface area contributed by atoms with Crippen molar-refractivity contribution < 1.29 is 4.79 Å². The van der Waals surface area contributed by atoms with E-state index < -0.39 is 0 Å². The molecule has 2 N–H and O–H groups in total. The summed E-state index contributed by atoms with van der Waals surface area (Å²) in [6, 6.07) is 16.8. The molecule has 130 valence electrons. The zero-order valence-electron chi connectivity index (χ0n) is 14.5. The van der Waals surface area contributed by atoms with Crippen molar-refractivity contribution in [1.29, 1.82) is 0 Å². The summed E-state index contributed by atoms with van der Waals surface area (Å²) < 4.78 is 0. The molecule has 0 aliphatic heterocycles. The fourth-order valence-corrected chi connectivity index (χ4v) is 2.53. The van der Waals surface area contributed by atoms with Gasteiger partial charge in [-0.15, -0.1) is 12.4 Å². The standard InChI is InChI=1S/C19H25N3O.ClH/c1-20-13-19(23)21-12-17-6-4-5-7-18(17)16-10-8-15(9-11-16)14-22(2)3;/h4-11,20H,12-14H2,1-3H3,(H,21,23);1H. The lowest BCUT2D eigenvalue weighted by Crippen LogP contribution is -2.31. The highest BCUT2D eigenvalue weighted by atomic mass is 35.5. The van der Waals surface area contributed by atoms with Crippen LogP contribution in [0.15, 0.2) is 48.5 Å². The largest absolute Gasteiger partial charge is 0.351 e. The predicted octanol–water partition coefficient (Wildman–Crippen LogP) is 2.67. The Morgan fingerprint density at radius 2 is 1.71 bits per heavy atom. The van der Waals surface area contributed by atoms with Crippen molar-refractivity contribution in [3.05, 3.63) is 59.7 Å². The molecule has 0 saturated heterocycles. The second-order valence-corrected chi connectivity index (χ2v) is 5.90. The van der Waals surface area contributed by atoms with Crippen molar-refractivity contribution in [3.8, 4) is 11.1 Å². The molecule has 0 spiro atoms. The van der Waals surface area contributed by atoms with Crippen LogP contribution < -0.4 is 10.6 Å². The number of carbonyl (C=O) groups excluding carboxylic acids is 1. The van der Waals surface area contributed by atoms with Gasteiger partial charge in [0, 0.05) is 13.1 Å². The molecule has 0 fully saturated rings. The Bertz CT molecular complexity index is 641. The van der Waals surface area contributed by atoms with Gasteiger partial charge in [-0.05, 0) is 43.4 Å². The van der Waals surface area contributed by atoms with Crippen LogP contribution in [0, 0.1) is 0 Å². The average Bonchev–Trinajstić information content (AvgIpc) is 2.54. The quantitative estimate of drug-likeness (QED) is 0.809. The fourth-order valence-electron chi connectivity index (χ4n) is 2.53. The molecule has 2 rings (SSSR count). The van der Waals surface area contributed by atoms with Crippen molar-refractivity contribution in [2.75, 3.05) is 27.7 Å². The van der Waals surface area contributed by atoms with Crippen molar-refractivity contribution in [2.24, 2.45) is 0 Å². The summed E-state index contributed by atoms with van der Waals surface area (Å²) in [7, 11) is 5.90. The number of hydrogen-bond acceptors (Lipinski definition) is 3. The smallest absolute Gasteiger partial charge is 0.234 e. The van der Waals surface area contributed by atoms with Crippen molar-refractivity contribution in [1.82, 2.24) is 15.5 Å². The monoisotopic (exact) mass is 347 g/mol. The number of carbonyl (C=O) groups is 1. The Labute approximate surface area is 150 Å². The molecule has 0 heterocycles. The second-order valence-electron chi connectivity index (χ2n) is 5.90. The first-order valence-corrected chi connectivity index (χ1v) is 7.83. The summed E-state index contributed by atoms with van der Waals surface area (Å²) in [5, 5.41) is 5.80. The molecule has 0 unspecified atom stereocenters. The maximum absolute atomic E-state index is 11.6. The van der Waals surface area contributed by atoms with Gasteiger partial charge in [0.25, 0.3) is 0 Å². The fraction of sp³-hybridized carbons (Fsp3) is 0.316. The van der Waals surface area contributed by atoms with Crippen LogP contribution in [0.1, 0.15) is 11.1 Å². The molecule has 0 aromatic heterocycles. The number of amides is 1. The third-order valence-corrected chi connectivity index (χ3v) is 3.59. The van der Waals surface area contributed by atoms with Gasteiger partial charge in [0.15, 0.2) is 0 Å². The molecule has 0 bridgehead atoms. The number of benzene rings is 2. The van der Waals surface area contributed by atoms with E-state index in [4.69, 9.17) is 0 Å². The zero-order chi connectivity index (χ0) is 16.7. The lowest BCUT2D eigenvalue weighted by molar-refractivity contribution is -0.120. The van der Waals surface area contributed by atoms with Crippen LogP contribution in [-0.2, 0) is 17.9 Å². The van der Waals surface area contributed by atoms with Gasteiger partial charge < -0.3 is 15.5 Å². The number of hydrogen-bond donors (Lipinski definition) is 2. The van der Waals surface area contributed by atoms with E-state index in [0.29, 0.717) is 13.1 Å². The Kier molecular flexibility index (Phi) is 8.47. The SMILES string of the molecule is CNCC(=O)NCc1ccccc1-c1ccc(CN(C)C)cc1.Cl. The van der Waals surface area contributed by atoms with Crippen LogP contribution in [-0.4, -0.2) is 38.5 Å². The lowest BCUT2D eigenvalue weighted by atomic mass is 9.98. The van der Waals surface area contributed by atoms with E-state index in [1.807, 2.05) is 12.1 Å². The average molecular weight is 348 g/mol. The molecule has 1 amide bonds. The minimum absolute atomic E-state index is 0. The molecular weight excluding hydrogens is 322 g/mol. The van der Waals surface area contributed by atoms with Crippen molar-refractivity contribution in [2.45, 2.75) is 13.1 Å². The molecule has 4 nitrogen and oxygen atoms in total. The van der Waals surface area contributed by atoms with Gasteiger partial charge in [-0.25, -0.2) is 0 Å². The van der Waals surface area contributed by atoms with Crippen molar-refractivity contribution in [3.63, 3.8) is 0 Å². The maximum Gasteiger partial charge on any atom is 0.234 e. The Morgan fingerprint density at radius 1 is 1.04 bits per heavy atom. The highest BCUT2D eigenvalue weighted by Crippen LogP contribution is 2.24. The molecule has 0 aliphatic carbocycles. The first kappa shape index (κ1) is 20.2. The maximum atomic E-state index is 11.6. The van der Waals surface area contributed by atoms with Crippen molar-refractivity contribution >= 4 is 18.3 Å². The summed E-state index contributed by atoms with van der Waals surface area (Å²) in [5.74, 6) is 0.00336. The van der Waals surface area contributed by atoms with Gasteiger partial charge in [-0.1, -0.05) is 48.5 Å². The van der Waals surface area contributed by atoms with Gasteiger partial charge in [-0.2, -0.15) is 0 Å². The zero-order valence-corrected chi connectivity index (χ0v) is 15.3. The van der Waals surface area contributed by atoms with E-state index in [1.54, 1.807) is 7.05 Å². The topological polar surface area (TPSA) is 44.4 Å². The van der Waals surface area contributed by atoms with E-state index in [9.17, 15) is 4.79 Å². The lowest BCUT2D eigenvalue weighted by Gasteiger charge is -2.13. The minimum Gasteiger partial charge on any atom is -0.351 e. The van der Waals surface area contributed by atoms with E-state index >= 15 is 0 Å². The van der Waals surface area contributed by atoms with Gasteiger partial charge in [-0.3, -0.25) is 4.79 Å². The Morgan fingerprint density at radius 3 is 2.33 bits per heavy atom.